The standard InChI is InChI=1S/C11H14N4O/c1-4-15-9(16)6-5-8-7(2)14(3)11(12)13-10(8)15/h5-6,12H,4H2,1-3H3/p+1. The first kappa shape index (κ1) is 10.6. The van der Waals surface area contributed by atoms with Crippen LogP contribution in [0.4, 0.5) is 5.95 Å². The largest absolute Gasteiger partial charge is 0.391 e. The van der Waals surface area contributed by atoms with Gasteiger partial charge in [-0.1, -0.05) is 4.98 Å². The second-order valence-corrected chi connectivity index (χ2v) is 3.77. The van der Waals surface area contributed by atoms with Crippen molar-refractivity contribution in [2.45, 2.75) is 20.4 Å². The summed E-state index contributed by atoms with van der Waals surface area (Å²) in [6.45, 7) is 4.47. The fourth-order valence-corrected chi connectivity index (χ4v) is 1.81. The molecule has 2 aromatic rings. The van der Waals surface area contributed by atoms with Crippen LogP contribution in [-0.2, 0) is 13.6 Å². The van der Waals surface area contributed by atoms with Crippen molar-refractivity contribution in [3.63, 3.8) is 0 Å². The number of hydrogen-bond acceptors (Lipinski definition) is 3. The van der Waals surface area contributed by atoms with E-state index < -0.39 is 0 Å². The van der Waals surface area contributed by atoms with Gasteiger partial charge in [-0.25, -0.2) is 4.57 Å². The molecule has 0 bridgehead atoms. The van der Waals surface area contributed by atoms with E-state index in [1.165, 1.54) is 0 Å². The van der Waals surface area contributed by atoms with Gasteiger partial charge in [-0.2, -0.15) is 0 Å². The Balaban J connectivity index is 3.01. The average Bonchev–Trinajstić information content (AvgIpc) is 2.26. The van der Waals surface area contributed by atoms with Crippen molar-refractivity contribution in [2.24, 2.45) is 7.05 Å². The summed E-state index contributed by atoms with van der Waals surface area (Å²) in [7, 11) is 1.86. The summed E-state index contributed by atoms with van der Waals surface area (Å²) < 4.78 is 3.44. The third kappa shape index (κ3) is 1.36. The van der Waals surface area contributed by atoms with Gasteiger partial charge in [-0.3, -0.25) is 15.1 Å². The molecule has 0 atom stereocenters. The molecule has 16 heavy (non-hydrogen) atoms. The molecule has 2 aromatic heterocycles. The normalized spacial score (nSPS) is 10.9. The van der Waals surface area contributed by atoms with Crippen LogP contribution in [0, 0.1) is 6.92 Å². The summed E-state index contributed by atoms with van der Waals surface area (Å²) in [5.74, 6) is 0.415. The Morgan fingerprint density at radius 1 is 1.50 bits per heavy atom. The lowest BCUT2D eigenvalue weighted by Gasteiger charge is -2.07. The summed E-state index contributed by atoms with van der Waals surface area (Å²) in [6.07, 6.45) is 0. The van der Waals surface area contributed by atoms with E-state index in [0.29, 0.717) is 18.1 Å². The summed E-state index contributed by atoms with van der Waals surface area (Å²) in [5.41, 5.74) is 7.41. The quantitative estimate of drug-likeness (QED) is 0.693. The van der Waals surface area contributed by atoms with Crippen LogP contribution in [0.2, 0.25) is 0 Å². The van der Waals surface area contributed by atoms with Crippen molar-refractivity contribution in [3.8, 4) is 0 Å². The zero-order valence-electron chi connectivity index (χ0n) is 9.69. The number of nitrogens with two attached hydrogens (primary N) is 1. The SMILES string of the molecule is CCn1c(=O)ccc2c(C)[n+](C)c(N)nc21. The molecule has 0 saturated heterocycles. The number of nitrogens with zero attached hydrogens (tertiary/aromatic N) is 3. The first-order valence-corrected chi connectivity index (χ1v) is 5.22. The molecular formula is C11H15N4O+. The molecule has 0 radical (unpaired) electrons. The summed E-state index contributed by atoms with van der Waals surface area (Å²) in [6, 6.07) is 3.36. The molecule has 0 saturated carbocycles. The molecule has 0 amide bonds. The zero-order chi connectivity index (χ0) is 11.9. The fraction of sp³-hybridized carbons (Fsp3) is 0.364. The van der Waals surface area contributed by atoms with Gasteiger partial charge in [0.1, 0.15) is 0 Å². The van der Waals surface area contributed by atoms with Crippen LogP contribution >= 0.6 is 0 Å². The number of nitrogen functional groups attached to an aromatic ring is 1. The Morgan fingerprint density at radius 3 is 2.81 bits per heavy atom. The lowest BCUT2D eigenvalue weighted by atomic mass is 10.2. The van der Waals surface area contributed by atoms with Crippen molar-refractivity contribution < 1.29 is 4.57 Å². The number of hydrogen-bond donors (Lipinski definition) is 1. The number of aryl methyl sites for hydroxylation is 2. The molecule has 0 aliphatic heterocycles. The van der Waals surface area contributed by atoms with E-state index >= 15 is 0 Å². The molecule has 2 N–H and O–H groups in total. The van der Waals surface area contributed by atoms with E-state index in [1.54, 1.807) is 16.7 Å². The maximum absolute atomic E-state index is 11.6. The Bertz CT molecular complexity index is 615. The van der Waals surface area contributed by atoms with E-state index in [0.717, 1.165) is 11.1 Å². The fourth-order valence-electron chi connectivity index (χ4n) is 1.81. The van der Waals surface area contributed by atoms with Crippen LogP contribution in [0.15, 0.2) is 16.9 Å². The zero-order valence-corrected chi connectivity index (χ0v) is 9.69. The highest BCUT2D eigenvalue weighted by Gasteiger charge is 2.15. The molecule has 84 valence electrons. The van der Waals surface area contributed by atoms with Gasteiger partial charge in [0.2, 0.25) is 5.65 Å². The number of pyridine rings is 1. The molecule has 2 heterocycles. The van der Waals surface area contributed by atoms with Crippen molar-refractivity contribution >= 4 is 17.0 Å². The third-order valence-electron chi connectivity index (χ3n) is 2.93. The van der Waals surface area contributed by atoms with Gasteiger partial charge in [0.05, 0.1) is 18.1 Å². The van der Waals surface area contributed by atoms with Crippen LogP contribution in [-0.4, -0.2) is 9.55 Å². The van der Waals surface area contributed by atoms with Crippen LogP contribution in [0.25, 0.3) is 11.0 Å². The number of rotatable bonds is 1. The van der Waals surface area contributed by atoms with E-state index in [9.17, 15) is 4.79 Å². The lowest BCUT2D eigenvalue weighted by Crippen LogP contribution is -2.38. The Morgan fingerprint density at radius 2 is 2.19 bits per heavy atom. The van der Waals surface area contributed by atoms with E-state index in [1.807, 2.05) is 25.5 Å². The average molecular weight is 219 g/mol. The molecule has 0 unspecified atom stereocenters. The maximum Gasteiger partial charge on any atom is 0.391 e. The minimum atomic E-state index is -0.0462. The predicted molar refractivity (Wildman–Crippen MR) is 62.0 cm³/mol. The second kappa shape index (κ2) is 3.59. The minimum Gasteiger partial charge on any atom is -0.287 e. The number of aromatic nitrogens is 3. The van der Waals surface area contributed by atoms with E-state index in [2.05, 4.69) is 4.98 Å². The van der Waals surface area contributed by atoms with E-state index in [-0.39, 0.29) is 5.56 Å². The Labute approximate surface area is 93.2 Å². The van der Waals surface area contributed by atoms with Gasteiger partial charge in [0.15, 0.2) is 0 Å². The van der Waals surface area contributed by atoms with Crippen LogP contribution in [0.3, 0.4) is 0 Å². The molecule has 0 spiro atoms. The smallest absolute Gasteiger partial charge is 0.287 e. The highest BCUT2D eigenvalue weighted by molar-refractivity contribution is 5.76. The van der Waals surface area contributed by atoms with Gasteiger partial charge in [0, 0.05) is 12.6 Å². The molecule has 5 heteroatoms. The summed E-state index contributed by atoms with van der Waals surface area (Å²) in [5, 5.41) is 0.957. The molecule has 0 aromatic carbocycles. The minimum absolute atomic E-state index is 0.0462. The molecule has 5 nitrogen and oxygen atoms in total. The van der Waals surface area contributed by atoms with Gasteiger partial charge >= 0.3 is 5.95 Å². The first-order chi connectivity index (χ1) is 7.56. The van der Waals surface area contributed by atoms with Crippen molar-refractivity contribution in [3.05, 3.63) is 28.2 Å². The van der Waals surface area contributed by atoms with Gasteiger partial charge in [-0.05, 0) is 19.9 Å². The lowest BCUT2D eigenvalue weighted by molar-refractivity contribution is -0.664. The number of anilines is 1. The monoisotopic (exact) mass is 219 g/mol. The van der Waals surface area contributed by atoms with Crippen molar-refractivity contribution in [2.75, 3.05) is 5.73 Å². The molecule has 0 aliphatic carbocycles. The topological polar surface area (TPSA) is 64.8 Å². The van der Waals surface area contributed by atoms with Crippen molar-refractivity contribution in [1.82, 2.24) is 9.55 Å². The Hall–Kier alpha value is -1.91. The third-order valence-corrected chi connectivity index (χ3v) is 2.93. The summed E-state index contributed by atoms with van der Waals surface area (Å²) >= 11 is 0. The highest BCUT2D eigenvalue weighted by atomic mass is 16.1. The second-order valence-electron chi connectivity index (χ2n) is 3.77. The van der Waals surface area contributed by atoms with E-state index in [4.69, 9.17) is 5.73 Å². The Kier molecular flexibility index (Phi) is 2.38. The van der Waals surface area contributed by atoms with Gasteiger partial charge in [-0.15, -0.1) is 0 Å². The van der Waals surface area contributed by atoms with Crippen LogP contribution < -0.4 is 15.9 Å². The van der Waals surface area contributed by atoms with Gasteiger partial charge < -0.3 is 0 Å². The molecule has 2 rings (SSSR count). The molecular weight excluding hydrogens is 204 g/mol. The van der Waals surface area contributed by atoms with Crippen LogP contribution in [0.1, 0.15) is 12.6 Å². The predicted octanol–water partition coefficient (Wildman–Crippen LogP) is 0.132. The summed E-state index contributed by atoms with van der Waals surface area (Å²) in [4.78, 5) is 15.9. The van der Waals surface area contributed by atoms with Crippen LogP contribution in [0.5, 0.6) is 0 Å². The van der Waals surface area contributed by atoms with Gasteiger partial charge in [0.25, 0.3) is 5.56 Å². The maximum atomic E-state index is 11.6. The highest BCUT2D eigenvalue weighted by Crippen LogP contribution is 2.12. The number of fused-ring (bicyclic) bond motifs is 1. The molecule has 0 fully saturated rings. The first-order valence-electron chi connectivity index (χ1n) is 5.22. The van der Waals surface area contributed by atoms with Crippen molar-refractivity contribution in [1.29, 1.82) is 0 Å². The molecule has 0 aliphatic rings.